The molecule has 2 rings (SSSR count). The number of anilines is 1. The normalized spacial score (nSPS) is 10.1. The zero-order chi connectivity index (χ0) is 13.1. The molecular formula is C13H14N4S. The van der Waals surface area contributed by atoms with E-state index in [2.05, 4.69) is 21.4 Å². The Balaban J connectivity index is 2.53. The molecule has 0 saturated heterocycles. The van der Waals surface area contributed by atoms with Gasteiger partial charge in [0.1, 0.15) is 22.6 Å². The van der Waals surface area contributed by atoms with Crippen molar-refractivity contribution in [2.45, 2.75) is 20.8 Å². The number of nitrogens with zero attached hydrogens (tertiary/aromatic N) is 3. The van der Waals surface area contributed by atoms with Gasteiger partial charge < -0.3 is 5.32 Å². The quantitative estimate of drug-likeness (QED) is 0.918. The van der Waals surface area contributed by atoms with Gasteiger partial charge >= 0.3 is 0 Å². The summed E-state index contributed by atoms with van der Waals surface area (Å²) in [5.74, 6) is 1.60. The van der Waals surface area contributed by atoms with E-state index in [-0.39, 0.29) is 0 Å². The zero-order valence-electron chi connectivity index (χ0n) is 10.6. The standard InChI is InChI=1S/C13H14N4S/c1-4-15-13-8(2)12(16-9(3)17-13)11-6-5-10(7-14)18-11/h5-6H,4H2,1-3H3,(H,15,16,17). The van der Waals surface area contributed by atoms with Crippen LogP contribution in [0.5, 0.6) is 0 Å². The molecule has 5 heteroatoms. The third-order valence-corrected chi connectivity index (χ3v) is 3.55. The van der Waals surface area contributed by atoms with E-state index in [0.29, 0.717) is 4.88 Å². The molecule has 18 heavy (non-hydrogen) atoms. The van der Waals surface area contributed by atoms with Gasteiger partial charge in [-0.1, -0.05) is 0 Å². The predicted octanol–water partition coefficient (Wildman–Crippen LogP) is 3.13. The molecule has 0 saturated carbocycles. The van der Waals surface area contributed by atoms with Crippen molar-refractivity contribution in [1.82, 2.24) is 9.97 Å². The number of aromatic nitrogens is 2. The second kappa shape index (κ2) is 5.15. The first-order valence-electron chi connectivity index (χ1n) is 5.75. The largest absolute Gasteiger partial charge is 0.370 e. The molecule has 4 nitrogen and oxygen atoms in total. The van der Waals surface area contributed by atoms with Gasteiger partial charge in [-0.2, -0.15) is 5.26 Å². The third kappa shape index (κ3) is 2.34. The van der Waals surface area contributed by atoms with Crippen molar-refractivity contribution < 1.29 is 0 Å². The average Bonchev–Trinajstić information content (AvgIpc) is 2.82. The summed E-state index contributed by atoms with van der Waals surface area (Å²) in [6, 6.07) is 5.91. The Kier molecular flexibility index (Phi) is 3.58. The monoisotopic (exact) mass is 258 g/mol. The molecule has 2 aromatic heterocycles. The molecule has 0 atom stereocenters. The van der Waals surface area contributed by atoms with Crippen LogP contribution in [0.4, 0.5) is 5.82 Å². The molecule has 1 N–H and O–H groups in total. The summed E-state index contributed by atoms with van der Waals surface area (Å²) >= 11 is 1.46. The highest BCUT2D eigenvalue weighted by molar-refractivity contribution is 7.16. The Morgan fingerprint density at radius 3 is 2.72 bits per heavy atom. The summed E-state index contributed by atoms with van der Waals surface area (Å²) in [5, 5.41) is 12.1. The summed E-state index contributed by atoms with van der Waals surface area (Å²) in [4.78, 5) is 10.6. The number of thiophene rings is 1. The van der Waals surface area contributed by atoms with E-state index in [9.17, 15) is 0 Å². The topological polar surface area (TPSA) is 61.6 Å². The van der Waals surface area contributed by atoms with Crippen LogP contribution in [0.2, 0.25) is 0 Å². The molecule has 2 heterocycles. The molecule has 0 aromatic carbocycles. The fourth-order valence-corrected chi connectivity index (χ4v) is 2.58. The number of aryl methyl sites for hydroxylation is 1. The molecule has 2 aromatic rings. The maximum atomic E-state index is 8.88. The highest BCUT2D eigenvalue weighted by atomic mass is 32.1. The van der Waals surface area contributed by atoms with E-state index in [4.69, 9.17) is 5.26 Å². The molecular weight excluding hydrogens is 244 g/mol. The van der Waals surface area contributed by atoms with Crippen LogP contribution in [0.3, 0.4) is 0 Å². The molecule has 0 aliphatic carbocycles. The van der Waals surface area contributed by atoms with Crippen molar-refractivity contribution >= 4 is 17.2 Å². The molecule has 0 aliphatic heterocycles. The summed E-state index contributed by atoms with van der Waals surface area (Å²) in [7, 11) is 0. The number of hydrogen-bond acceptors (Lipinski definition) is 5. The number of nitriles is 1. The van der Waals surface area contributed by atoms with Gasteiger partial charge in [0.25, 0.3) is 0 Å². The van der Waals surface area contributed by atoms with Gasteiger partial charge in [0.05, 0.1) is 10.6 Å². The van der Waals surface area contributed by atoms with E-state index in [1.807, 2.05) is 32.9 Å². The minimum absolute atomic E-state index is 0.700. The van der Waals surface area contributed by atoms with Crippen LogP contribution in [-0.2, 0) is 0 Å². The highest BCUT2D eigenvalue weighted by Gasteiger charge is 2.12. The van der Waals surface area contributed by atoms with E-state index in [1.165, 1.54) is 11.3 Å². The molecule has 0 amide bonds. The lowest BCUT2D eigenvalue weighted by Crippen LogP contribution is -2.05. The SMILES string of the molecule is CCNc1nc(C)nc(-c2ccc(C#N)s2)c1C. The number of rotatable bonds is 3. The van der Waals surface area contributed by atoms with Gasteiger partial charge in [0, 0.05) is 12.1 Å². The van der Waals surface area contributed by atoms with Crippen LogP contribution in [0.1, 0.15) is 23.2 Å². The zero-order valence-corrected chi connectivity index (χ0v) is 11.4. The fraction of sp³-hybridized carbons (Fsp3) is 0.308. The maximum Gasteiger partial charge on any atom is 0.133 e. The Bertz CT molecular complexity index is 610. The average molecular weight is 258 g/mol. The molecule has 0 radical (unpaired) electrons. The van der Waals surface area contributed by atoms with Gasteiger partial charge in [0.15, 0.2) is 0 Å². The lowest BCUT2D eigenvalue weighted by molar-refractivity contribution is 1.02. The summed E-state index contributed by atoms with van der Waals surface area (Å²) in [6.45, 7) is 6.74. The first-order valence-corrected chi connectivity index (χ1v) is 6.56. The van der Waals surface area contributed by atoms with Crippen LogP contribution in [0.25, 0.3) is 10.6 Å². The van der Waals surface area contributed by atoms with Gasteiger partial charge in [-0.15, -0.1) is 11.3 Å². The van der Waals surface area contributed by atoms with Gasteiger partial charge in [-0.05, 0) is 32.9 Å². The third-order valence-electron chi connectivity index (χ3n) is 2.55. The minimum atomic E-state index is 0.700. The van der Waals surface area contributed by atoms with Crippen LogP contribution in [0.15, 0.2) is 12.1 Å². The predicted molar refractivity (Wildman–Crippen MR) is 73.7 cm³/mol. The second-order valence-corrected chi connectivity index (χ2v) is 4.98. The molecule has 0 spiro atoms. The highest BCUT2D eigenvalue weighted by Crippen LogP contribution is 2.31. The van der Waals surface area contributed by atoms with Crippen molar-refractivity contribution in [2.24, 2.45) is 0 Å². The molecule has 0 aliphatic rings. The van der Waals surface area contributed by atoms with Crippen molar-refractivity contribution in [3.05, 3.63) is 28.4 Å². The van der Waals surface area contributed by atoms with Crippen molar-refractivity contribution in [3.8, 4) is 16.6 Å². The Morgan fingerprint density at radius 1 is 1.33 bits per heavy atom. The van der Waals surface area contributed by atoms with Gasteiger partial charge in [0.2, 0.25) is 0 Å². The lowest BCUT2D eigenvalue weighted by atomic mass is 10.2. The fourth-order valence-electron chi connectivity index (χ4n) is 1.73. The minimum Gasteiger partial charge on any atom is -0.370 e. The summed E-state index contributed by atoms with van der Waals surface area (Å²) in [5.41, 5.74) is 1.93. The van der Waals surface area contributed by atoms with Crippen molar-refractivity contribution in [3.63, 3.8) is 0 Å². The van der Waals surface area contributed by atoms with Gasteiger partial charge in [-0.3, -0.25) is 0 Å². The Hall–Kier alpha value is -1.93. The van der Waals surface area contributed by atoms with Crippen molar-refractivity contribution in [2.75, 3.05) is 11.9 Å². The van der Waals surface area contributed by atoms with Crippen LogP contribution >= 0.6 is 11.3 Å². The first-order chi connectivity index (χ1) is 8.65. The van der Waals surface area contributed by atoms with Crippen LogP contribution in [-0.4, -0.2) is 16.5 Å². The Labute approximate surface area is 110 Å². The summed E-state index contributed by atoms with van der Waals surface area (Å²) < 4.78 is 0. The maximum absolute atomic E-state index is 8.88. The van der Waals surface area contributed by atoms with Crippen LogP contribution < -0.4 is 5.32 Å². The number of hydrogen-bond donors (Lipinski definition) is 1. The Morgan fingerprint density at radius 2 is 2.11 bits per heavy atom. The van der Waals surface area contributed by atoms with Crippen LogP contribution in [0, 0.1) is 25.2 Å². The summed E-state index contributed by atoms with van der Waals surface area (Å²) in [6.07, 6.45) is 0. The van der Waals surface area contributed by atoms with E-state index < -0.39 is 0 Å². The second-order valence-electron chi connectivity index (χ2n) is 3.90. The van der Waals surface area contributed by atoms with E-state index in [0.717, 1.165) is 34.3 Å². The molecule has 0 bridgehead atoms. The molecule has 92 valence electrons. The van der Waals surface area contributed by atoms with Crippen molar-refractivity contribution in [1.29, 1.82) is 5.26 Å². The van der Waals surface area contributed by atoms with E-state index in [1.54, 1.807) is 0 Å². The number of nitrogens with one attached hydrogen (secondary N) is 1. The molecule has 0 unspecified atom stereocenters. The lowest BCUT2D eigenvalue weighted by Gasteiger charge is -2.10. The van der Waals surface area contributed by atoms with Gasteiger partial charge in [-0.25, -0.2) is 9.97 Å². The molecule has 0 fully saturated rings. The van der Waals surface area contributed by atoms with E-state index >= 15 is 0 Å². The smallest absolute Gasteiger partial charge is 0.133 e. The first kappa shape index (κ1) is 12.5.